The largest absolute Gasteiger partial charge is 0.394 e. The summed E-state index contributed by atoms with van der Waals surface area (Å²) >= 11 is 4.18. The van der Waals surface area contributed by atoms with E-state index < -0.39 is 8.56 Å². The second-order valence-corrected chi connectivity index (χ2v) is 6.27. The first kappa shape index (κ1) is 10.5. The lowest BCUT2D eigenvalue weighted by Gasteiger charge is -2.23. The van der Waals surface area contributed by atoms with Crippen LogP contribution in [-0.2, 0) is 8.85 Å². The highest BCUT2D eigenvalue weighted by atomic mass is 32.1. The zero-order chi connectivity index (χ0) is 8.04. The molecule has 0 spiro atoms. The molecule has 0 aromatic rings. The van der Waals surface area contributed by atoms with Crippen molar-refractivity contribution in [3.05, 3.63) is 0 Å². The zero-order valence-corrected chi connectivity index (χ0v) is 8.78. The smallest absolute Gasteiger partial charge is 0.344 e. The highest BCUT2D eigenvalue weighted by Gasteiger charge is 2.28. The first-order chi connectivity index (χ1) is 4.68. The molecule has 0 atom stereocenters. The molecule has 0 aliphatic carbocycles. The Balaban J connectivity index is 3.69. The third-order valence-corrected chi connectivity index (χ3v) is 5.28. The molecule has 0 saturated heterocycles. The molecule has 4 heteroatoms. The van der Waals surface area contributed by atoms with Crippen molar-refractivity contribution in [2.45, 2.75) is 20.4 Å². The fourth-order valence-corrected chi connectivity index (χ4v) is 2.78. The van der Waals surface area contributed by atoms with Crippen LogP contribution in [0.4, 0.5) is 0 Å². The van der Waals surface area contributed by atoms with E-state index in [1.807, 2.05) is 20.4 Å². The summed E-state index contributed by atoms with van der Waals surface area (Å²) in [5.41, 5.74) is 0. The molecule has 10 heavy (non-hydrogen) atoms. The van der Waals surface area contributed by atoms with Gasteiger partial charge in [0.2, 0.25) is 0 Å². The quantitative estimate of drug-likeness (QED) is 0.512. The van der Waals surface area contributed by atoms with Crippen molar-refractivity contribution in [2.75, 3.05) is 18.6 Å². The molecule has 0 fully saturated rings. The van der Waals surface area contributed by atoms with Crippen LogP contribution in [-0.4, -0.2) is 27.2 Å². The van der Waals surface area contributed by atoms with Gasteiger partial charge < -0.3 is 8.85 Å². The predicted octanol–water partition coefficient (Wildman–Crippen LogP) is 1.60. The van der Waals surface area contributed by atoms with Crippen LogP contribution in [0.25, 0.3) is 0 Å². The fourth-order valence-electron chi connectivity index (χ4n) is 0.744. The van der Waals surface area contributed by atoms with Gasteiger partial charge in [-0.25, -0.2) is 0 Å². The molecule has 0 heterocycles. The summed E-state index contributed by atoms with van der Waals surface area (Å²) in [6.45, 7) is 7.45. The molecule has 0 unspecified atom stereocenters. The molecule has 62 valence electrons. The number of hydrogen-bond acceptors (Lipinski definition) is 3. The standard InChI is InChI=1S/C6H16O2SSi/c1-4-7-10(3,6-9)8-5-2/h9H,4-6H2,1-3H3. The van der Waals surface area contributed by atoms with E-state index in [1.54, 1.807) is 0 Å². The minimum atomic E-state index is -1.86. The molecule has 0 aliphatic heterocycles. The Bertz CT molecular complexity index is 83.8. The van der Waals surface area contributed by atoms with Gasteiger partial charge in [-0.3, -0.25) is 0 Å². The van der Waals surface area contributed by atoms with Crippen molar-refractivity contribution < 1.29 is 8.85 Å². The van der Waals surface area contributed by atoms with Crippen molar-refractivity contribution in [1.82, 2.24) is 0 Å². The normalized spacial score (nSPS) is 12.0. The van der Waals surface area contributed by atoms with Crippen LogP contribution in [0.2, 0.25) is 6.55 Å². The summed E-state index contributed by atoms with van der Waals surface area (Å²) in [4.78, 5) is 0. The van der Waals surface area contributed by atoms with Gasteiger partial charge in [-0.15, -0.1) is 0 Å². The summed E-state index contributed by atoms with van der Waals surface area (Å²) in [6, 6.07) is 0. The predicted molar refractivity (Wildman–Crippen MR) is 48.7 cm³/mol. The van der Waals surface area contributed by atoms with Gasteiger partial charge >= 0.3 is 8.56 Å². The Morgan fingerprint density at radius 3 is 1.80 bits per heavy atom. The van der Waals surface area contributed by atoms with Crippen molar-refractivity contribution in [1.29, 1.82) is 0 Å². The van der Waals surface area contributed by atoms with E-state index in [-0.39, 0.29) is 0 Å². The minimum absolute atomic E-state index is 0.725. The highest BCUT2D eigenvalue weighted by molar-refractivity contribution is 7.82. The molecule has 0 rings (SSSR count). The lowest BCUT2D eigenvalue weighted by atomic mass is 10.9. The number of rotatable bonds is 5. The monoisotopic (exact) mass is 180 g/mol. The van der Waals surface area contributed by atoms with Gasteiger partial charge in [-0.2, -0.15) is 12.6 Å². The zero-order valence-electron chi connectivity index (χ0n) is 6.89. The Hall–Kier alpha value is 0.487. The summed E-state index contributed by atoms with van der Waals surface area (Å²) in [7, 11) is -1.86. The van der Waals surface area contributed by atoms with Crippen molar-refractivity contribution in [3.63, 3.8) is 0 Å². The molecule has 0 aliphatic rings. The average Bonchev–Trinajstić information content (AvgIpc) is 1.89. The lowest BCUT2D eigenvalue weighted by molar-refractivity contribution is 0.195. The molecular weight excluding hydrogens is 164 g/mol. The molecule has 0 amide bonds. The van der Waals surface area contributed by atoms with Crippen LogP contribution in [0.5, 0.6) is 0 Å². The molecule has 0 aromatic heterocycles. The van der Waals surface area contributed by atoms with E-state index in [9.17, 15) is 0 Å². The lowest BCUT2D eigenvalue weighted by Crippen LogP contribution is -2.41. The van der Waals surface area contributed by atoms with Crippen LogP contribution in [0.15, 0.2) is 0 Å². The number of hydrogen-bond donors (Lipinski definition) is 1. The maximum atomic E-state index is 5.46. The SMILES string of the molecule is CCO[Si](C)(CS)OCC. The molecular formula is C6H16O2SSi. The average molecular weight is 180 g/mol. The van der Waals surface area contributed by atoms with Gasteiger partial charge in [-0.1, -0.05) is 0 Å². The maximum Gasteiger partial charge on any atom is 0.344 e. The van der Waals surface area contributed by atoms with Crippen LogP contribution in [0.1, 0.15) is 13.8 Å². The molecule has 0 aromatic carbocycles. The van der Waals surface area contributed by atoms with E-state index in [0.29, 0.717) is 0 Å². The first-order valence-electron chi connectivity index (χ1n) is 3.57. The highest BCUT2D eigenvalue weighted by Crippen LogP contribution is 2.08. The van der Waals surface area contributed by atoms with Crippen molar-refractivity contribution >= 4 is 21.2 Å². The van der Waals surface area contributed by atoms with E-state index in [1.165, 1.54) is 0 Å². The molecule has 0 N–H and O–H groups in total. The summed E-state index contributed by atoms with van der Waals surface area (Å²) in [6.07, 6.45) is 0. The second kappa shape index (κ2) is 5.18. The number of thiol groups is 1. The van der Waals surface area contributed by atoms with Crippen LogP contribution in [0, 0.1) is 0 Å². The van der Waals surface area contributed by atoms with Crippen LogP contribution >= 0.6 is 12.6 Å². The van der Waals surface area contributed by atoms with E-state index in [2.05, 4.69) is 12.6 Å². The Morgan fingerprint density at radius 1 is 1.20 bits per heavy atom. The fraction of sp³-hybridized carbons (Fsp3) is 1.00. The molecule has 0 radical (unpaired) electrons. The van der Waals surface area contributed by atoms with E-state index in [0.717, 1.165) is 18.6 Å². The van der Waals surface area contributed by atoms with Gasteiger partial charge in [0, 0.05) is 18.6 Å². The van der Waals surface area contributed by atoms with Gasteiger partial charge in [0.25, 0.3) is 0 Å². The first-order valence-corrected chi connectivity index (χ1v) is 6.73. The maximum absolute atomic E-state index is 5.46. The summed E-state index contributed by atoms with van der Waals surface area (Å²) in [5.74, 6) is 0. The molecule has 2 nitrogen and oxygen atoms in total. The van der Waals surface area contributed by atoms with Gasteiger partial charge in [0.05, 0.1) is 0 Å². The third-order valence-electron chi connectivity index (χ3n) is 1.19. The minimum Gasteiger partial charge on any atom is -0.394 e. The summed E-state index contributed by atoms with van der Waals surface area (Å²) in [5, 5.41) is 0.731. The van der Waals surface area contributed by atoms with Gasteiger partial charge in [0.15, 0.2) is 0 Å². The summed E-state index contributed by atoms with van der Waals surface area (Å²) < 4.78 is 10.9. The Kier molecular flexibility index (Phi) is 5.43. The van der Waals surface area contributed by atoms with Crippen LogP contribution in [0.3, 0.4) is 0 Å². The Morgan fingerprint density at radius 2 is 1.60 bits per heavy atom. The van der Waals surface area contributed by atoms with Gasteiger partial charge in [0.1, 0.15) is 0 Å². The Labute approximate surface area is 69.6 Å². The van der Waals surface area contributed by atoms with Crippen molar-refractivity contribution in [2.24, 2.45) is 0 Å². The topological polar surface area (TPSA) is 18.5 Å². The van der Waals surface area contributed by atoms with Crippen LogP contribution < -0.4 is 0 Å². The third kappa shape index (κ3) is 3.61. The second-order valence-electron chi connectivity index (χ2n) is 2.16. The molecule has 0 bridgehead atoms. The molecule has 0 saturated carbocycles. The van der Waals surface area contributed by atoms with Crippen molar-refractivity contribution in [3.8, 4) is 0 Å². The van der Waals surface area contributed by atoms with E-state index in [4.69, 9.17) is 8.85 Å². The van der Waals surface area contributed by atoms with E-state index >= 15 is 0 Å². The van der Waals surface area contributed by atoms with Gasteiger partial charge in [-0.05, 0) is 20.4 Å².